The van der Waals surface area contributed by atoms with Crippen LogP contribution in [-0.2, 0) is 0 Å². The van der Waals surface area contributed by atoms with Crippen molar-refractivity contribution in [3.05, 3.63) is 170 Å². The molecule has 0 saturated heterocycles. The monoisotopic (exact) mass is 536 g/mol. The molecule has 0 radical (unpaired) electrons. The lowest BCUT2D eigenvalue weighted by molar-refractivity contribution is 1.20. The first kappa shape index (κ1) is 24.2. The van der Waals surface area contributed by atoms with Crippen LogP contribution in [0.25, 0.3) is 49.4 Å². The van der Waals surface area contributed by atoms with E-state index < -0.39 is 0 Å². The molecule has 1 aromatic heterocycles. The van der Waals surface area contributed by atoms with Crippen molar-refractivity contribution in [3.63, 3.8) is 0 Å². The fourth-order valence-electron chi connectivity index (χ4n) is 6.22. The van der Waals surface area contributed by atoms with Crippen LogP contribution in [-0.4, -0.2) is 4.57 Å². The lowest BCUT2D eigenvalue weighted by Crippen LogP contribution is -2.09. The SMILES string of the molecule is c1ccc(N(c2ccccc2)c2ccc(-c3ccc4c(c3)c3ccccc3n4-c3cccc4ccccc34)cc2)cc1. The topological polar surface area (TPSA) is 8.17 Å². The summed E-state index contributed by atoms with van der Waals surface area (Å²) in [7, 11) is 0. The van der Waals surface area contributed by atoms with E-state index in [1.165, 1.54) is 49.4 Å². The fraction of sp³-hybridized carbons (Fsp3) is 0. The van der Waals surface area contributed by atoms with Gasteiger partial charge in [-0.05, 0) is 77.2 Å². The van der Waals surface area contributed by atoms with E-state index in [0.717, 1.165) is 17.1 Å². The molecule has 0 atom stereocenters. The first-order valence-electron chi connectivity index (χ1n) is 14.4. The average molecular weight is 537 g/mol. The standard InChI is InChI=1S/C40H28N2/c1-3-14-32(15-4-1)41(33-16-5-2-6-17-33)34-25-22-29(23-26-34)31-24-27-40-37(28-31)36-19-9-10-20-39(36)42(40)38-21-11-13-30-12-7-8-18-35(30)38/h1-28H. The van der Waals surface area contributed by atoms with E-state index in [-0.39, 0.29) is 0 Å². The van der Waals surface area contributed by atoms with E-state index in [0.29, 0.717) is 0 Å². The summed E-state index contributed by atoms with van der Waals surface area (Å²) >= 11 is 0. The van der Waals surface area contributed by atoms with E-state index in [2.05, 4.69) is 179 Å². The Balaban J connectivity index is 1.25. The van der Waals surface area contributed by atoms with Crippen LogP contribution in [0, 0.1) is 0 Å². The first-order valence-corrected chi connectivity index (χ1v) is 14.4. The highest BCUT2D eigenvalue weighted by atomic mass is 15.1. The molecule has 0 amide bonds. The molecule has 198 valence electrons. The number of para-hydroxylation sites is 3. The molecular weight excluding hydrogens is 508 g/mol. The molecule has 0 aliphatic rings. The van der Waals surface area contributed by atoms with Crippen LogP contribution < -0.4 is 4.90 Å². The van der Waals surface area contributed by atoms with Gasteiger partial charge in [-0.25, -0.2) is 0 Å². The lowest BCUT2D eigenvalue weighted by Gasteiger charge is -2.25. The Bertz CT molecular complexity index is 2130. The molecular formula is C40H28N2. The minimum atomic E-state index is 1.13. The number of rotatable bonds is 5. The molecule has 8 aromatic rings. The number of nitrogens with zero attached hydrogens (tertiary/aromatic N) is 2. The Morgan fingerprint density at radius 3 is 1.64 bits per heavy atom. The third-order valence-electron chi connectivity index (χ3n) is 8.17. The van der Waals surface area contributed by atoms with Crippen molar-refractivity contribution in [1.82, 2.24) is 4.57 Å². The minimum Gasteiger partial charge on any atom is -0.311 e. The Morgan fingerprint density at radius 1 is 0.357 bits per heavy atom. The van der Waals surface area contributed by atoms with Crippen molar-refractivity contribution in [2.24, 2.45) is 0 Å². The maximum absolute atomic E-state index is 2.41. The Morgan fingerprint density at radius 2 is 0.905 bits per heavy atom. The van der Waals surface area contributed by atoms with Gasteiger partial charge in [-0.2, -0.15) is 0 Å². The Hall–Kier alpha value is -5.60. The van der Waals surface area contributed by atoms with Gasteiger partial charge in [-0.15, -0.1) is 0 Å². The van der Waals surface area contributed by atoms with E-state index >= 15 is 0 Å². The number of hydrogen-bond donors (Lipinski definition) is 0. The molecule has 0 saturated carbocycles. The van der Waals surface area contributed by atoms with Crippen molar-refractivity contribution >= 4 is 49.6 Å². The third-order valence-corrected chi connectivity index (χ3v) is 8.17. The molecule has 0 bridgehead atoms. The summed E-state index contributed by atoms with van der Waals surface area (Å²) in [5.41, 5.74) is 9.45. The van der Waals surface area contributed by atoms with Gasteiger partial charge in [0.1, 0.15) is 0 Å². The molecule has 42 heavy (non-hydrogen) atoms. The summed E-state index contributed by atoms with van der Waals surface area (Å²) in [6, 6.07) is 60.8. The molecule has 0 spiro atoms. The Kier molecular flexibility index (Phi) is 5.82. The highest BCUT2D eigenvalue weighted by Gasteiger charge is 2.16. The minimum absolute atomic E-state index is 1.13. The predicted octanol–water partition coefficient (Wildman–Crippen LogP) is 11.1. The molecule has 8 rings (SSSR count). The van der Waals surface area contributed by atoms with Crippen LogP contribution in [0.2, 0.25) is 0 Å². The van der Waals surface area contributed by atoms with Gasteiger partial charge in [-0.1, -0.05) is 109 Å². The van der Waals surface area contributed by atoms with Gasteiger partial charge < -0.3 is 9.47 Å². The largest absolute Gasteiger partial charge is 0.311 e. The highest BCUT2D eigenvalue weighted by Crippen LogP contribution is 2.38. The van der Waals surface area contributed by atoms with Gasteiger partial charge in [0.25, 0.3) is 0 Å². The van der Waals surface area contributed by atoms with Crippen LogP contribution in [0.5, 0.6) is 0 Å². The summed E-state index contributed by atoms with van der Waals surface area (Å²) in [5.74, 6) is 0. The second kappa shape index (κ2) is 10.1. The zero-order valence-corrected chi connectivity index (χ0v) is 23.1. The second-order valence-electron chi connectivity index (χ2n) is 10.6. The zero-order chi connectivity index (χ0) is 27.9. The first-order chi connectivity index (χ1) is 20.8. The van der Waals surface area contributed by atoms with Gasteiger partial charge >= 0.3 is 0 Å². The van der Waals surface area contributed by atoms with Crippen molar-refractivity contribution in [2.75, 3.05) is 4.90 Å². The molecule has 2 heteroatoms. The van der Waals surface area contributed by atoms with Crippen LogP contribution in [0.4, 0.5) is 17.1 Å². The summed E-state index contributed by atoms with van der Waals surface area (Å²) in [6.45, 7) is 0. The van der Waals surface area contributed by atoms with Crippen LogP contribution >= 0.6 is 0 Å². The lowest BCUT2D eigenvalue weighted by atomic mass is 10.0. The summed E-state index contributed by atoms with van der Waals surface area (Å²) in [6.07, 6.45) is 0. The molecule has 7 aromatic carbocycles. The van der Waals surface area contributed by atoms with Crippen molar-refractivity contribution in [2.45, 2.75) is 0 Å². The normalized spacial score (nSPS) is 11.3. The molecule has 0 unspecified atom stereocenters. The highest BCUT2D eigenvalue weighted by molar-refractivity contribution is 6.11. The second-order valence-corrected chi connectivity index (χ2v) is 10.6. The van der Waals surface area contributed by atoms with Crippen LogP contribution in [0.1, 0.15) is 0 Å². The van der Waals surface area contributed by atoms with Crippen molar-refractivity contribution < 1.29 is 0 Å². The predicted molar refractivity (Wildman–Crippen MR) is 178 cm³/mol. The average Bonchev–Trinajstić information content (AvgIpc) is 3.39. The van der Waals surface area contributed by atoms with Gasteiger partial charge in [-0.3, -0.25) is 0 Å². The molecule has 0 N–H and O–H groups in total. The maximum Gasteiger partial charge on any atom is 0.0541 e. The zero-order valence-electron chi connectivity index (χ0n) is 23.1. The molecule has 0 aliphatic heterocycles. The number of benzene rings is 7. The van der Waals surface area contributed by atoms with Crippen molar-refractivity contribution in [3.8, 4) is 16.8 Å². The van der Waals surface area contributed by atoms with E-state index in [4.69, 9.17) is 0 Å². The molecule has 0 aliphatic carbocycles. The fourth-order valence-corrected chi connectivity index (χ4v) is 6.22. The summed E-state index contributed by atoms with van der Waals surface area (Å²) < 4.78 is 2.41. The number of aromatic nitrogens is 1. The summed E-state index contributed by atoms with van der Waals surface area (Å²) in [5, 5.41) is 5.02. The van der Waals surface area contributed by atoms with Crippen LogP contribution in [0.15, 0.2) is 170 Å². The molecule has 2 nitrogen and oxygen atoms in total. The number of fused-ring (bicyclic) bond motifs is 4. The van der Waals surface area contributed by atoms with Gasteiger partial charge in [0.05, 0.1) is 16.7 Å². The quantitative estimate of drug-likeness (QED) is 0.212. The van der Waals surface area contributed by atoms with E-state index in [1.54, 1.807) is 0 Å². The Labute approximate surface area is 245 Å². The van der Waals surface area contributed by atoms with Gasteiger partial charge in [0.2, 0.25) is 0 Å². The molecule has 0 fully saturated rings. The maximum atomic E-state index is 2.41. The van der Waals surface area contributed by atoms with E-state index in [9.17, 15) is 0 Å². The van der Waals surface area contributed by atoms with Crippen LogP contribution in [0.3, 0.4) is 0 Å². The third kappa shape index (κ3) is 4.05. The molecule has 1 heterocycles. The van der Waals surface area contributed by atoms with Gasteiger partial charge in [0, 0.05) is 33.2 Å². The smallest absolute Gasteiger partial charge is 0.0541 e. The van der Waals surface area contributed by atoms with E-state index in [1.807, 2.05) is 0 Å². The van der Waals surface area contributed by atoms with Gasteiger partial charge in [0.15, 0.2) is 0 Å². The number of anilines is 3. The van der Waals surface area contributed by atoms with Crippen molar-refractivity contribution in [1.29, 1.82) is 0 Å². The summed E-state index contributed by atoms with van der Waals surface area (Å²) in [4.78, 5) is 2.30. The number of hydrogen-bond acceptors (Lipinski definition) is 1.